The molecule has 6 heteroatoms. The van der Waals surface area contributed by atoms with E-state index in [1.807, 2.05) is 6.92 Å². The zero-order valence-corrected chi connectivity index (χ0v) is 10.7. The number of hydrogen-bond donors (Lipinski definition) is 3. The Hall–Kier alpha value is -0.810. The highest BCUT2D eigenvalue weighted by molar-refractivity contribution is 5.85. The maximum Gasteiger partial charge on any atom is 0.236 e. The number of carbonyl (C=O) groups excluding carboxylic acids is 2. The van der Waals surface area contributed by atoms with Gasteiger partial charge in [0.1, 0.15) is 0 Å². The molecule has 0 aromatic heterocycles. The predicted molar refractivity (Wildman–Crippen MR) is 66.4 cm³/mol. The van der Waals surface area contributed by atoms with Crippen LogP contribution in [-0.2, 0) is 9.59 Å². The molecule has 96 valence electrons. The van der Waals surface area contributed by atoms with Crippen LogP contribution in [0.5, 0.6) is 0 Å². The summed E-state index contributed by atoms with van der Waals surface area (Å²) >= 11 is 0. The van der Waals surface area contributed by atoms with Crippen molar-refractivity contribution in [2.45, 2.75) is 39.2 Å². The Kier molecular flexibility index (Phi) is 11.8. The van der Waals surface area contributed by atoms with Gasteiger partial charge in [0, 0.05) is 20.0 Å². The van der Waals surface area contributed by atoms with Gasteiger partial charge in [0.25, 0.3) is 0 Å². The van der Waals surface area contributed by atoms with Gasteiger partial charge in [-0.25, -0.2) is 0 Å². The van der Waals surface area contributed by atoms with E-state index >= 15 is 0 Å². The number of hydrogen-bond acceptors (Lipinski definition) is 3. The molecule has 1 unspecified atom stereocenters. The Morgan fingerprint density at radius 1 is 1.25 bits per heavy atom. The molecule has 0 aromatic carbocycles. The van der Waals surface area contributed by atoms with E-state index in [0.717, 1.165) is 12.8 Å². The van der Waals surface area contributed by atoms with Crippen molar-refractivity contribution in [2.75, 3.05) is 13.1 Å². The third kappa shape index (κ3) is 9.73. The molecule has 0 bridgehead atoms. The number of halogens is 1. The summed E-state index contributed by atoms with van der Waals surface area (Å²) in [6.45, 7) is 4.59. The van der Waals surface area contributed by atoms with Crippen molar-refractivity contribution in [3.8, 4) is 0 Å². The van der Waals surface area contributed by atoms with Crippen LogP contribution in [0.25, 0.3) is 0 Å². The Balaban J connectivity index is 0. The van der Waals surface area contributed by atoms with E-state index in [0.29, 0.717) is 19.5 Å². The van der Waals surface area contributed by atoms with E-state index in [1.165, 1.54) is 6.92 Å². The van der Waals surface area contributed by atoms with Crippen LogP contribution in [0, 0.1) is 0 Å². The van der Waals surface area contributed by atoms with Gasteiger partial charge < -0.3 is 16.4 Å². The van der Waals surface area contributed by atoms with E-state index in [-0.39, 0.29) is 24.2 Å². The van der Waals surface area contributed by atoms with Gasteiger partial charge in [-0.15, -0.1) is 12.4 Å². The fourth-order valence-corrected chi connectivity index (χ4v) is 1.14. The highest BCUT2D eigenvalue weighted by Crippen LogP contribution is 1.92. The summed E-state index contributed by atoms with van der Waals surface area (Å²) in [6, 6.07) is -0.407. The molecule has 16 heavy (non-hydrogen) atoms. The smallest absolute Gasteiger partial charge is 0.236 e. The summed E-state index contributed by atoms with van der Waals surface area (Å²) in [6.07, 6.45) is 2.34. The second kappa shape index (κ2) is 10.7. The Morgan fingerprint density at radius 3 is 2.31 bits per heavy atom. The van der Waals surface area contributed by atoms with Crippen molar-refractivity contribution < 1.29 is 9.59 Å². The van der Waals surface area contributed by atoms with Crippen LogP contribution in [-0.4, -0.2) is 30.9 Å². The van der Waals surface area contributed by atoms with Gasteiger partial charge in [0.05, 0.1) is 6.04 Å². The van der Waals surface area contributed by atoms with Gasteiger partial charge in [-0.2, -0.15) is 0 Å². The molecular weight excluding hydrogens is 230 g/mol. The zero-order valence-electron chi connectivity index (χ0n) is 9.91. The molecule has 0 heterocycles. The standard InChI is InChI=1S/C10H21N3O2.ClH/c1-3-5-9(11)10(15)13-7-4-6-12-8(2)14;/h9H,3-7,11H2,1-2H3,(H,12,14)(H,13,15);1H. The number of nitrogens with one attached hydrogen (secondary N) is 2. The Labute approximate surface area is 103 Å². The summed E-state index contributed by atoms with van der Waals surface area (Å²) in [5.41, 5.74) is 5.61. The molecule has 0 rings (SSSR count). The van der Waals surface area contributed by atoms with Crippen LogP contribution in [0.2, 0.25) is 0 Å². The molecular formula is C10H22ClN3O2. The average Bonchev–Trinajstić information content (AvgIpc) is 2.16. The van der Waals surface area contributed by atoms with Crippen molar-refractivity contribution in [2.24, 2.45) is 5.73 Å². The second-order valence-corrected chi connectivity index (χ2v) is 3.52. The van der Waals surface area contributed by atoms with Crippen molar-refractivity contribution in [3.63, 3.8) is 0 Å². The molecule has 0 aliphatic carbocycles. The summed E-state index contributed by atoms with van der Waals surface area (Å²) in [5.74, 6) is -0.163. The molecule has 0 aromatic rings. The first-order valence-corrected chi connectivity index (χ1v) is 5.35. The van der Waals surface area contributed by atoms with Gasteiger partial charge >= 0.3 is 0 Å². The van der Waals surface area contributed by atoms with Crippen LogP contribution in [0.3, 0.4) is 0 Å². The highest BCUT2D eigenvalue weighted by atomic mass is 35.5. The van der Waals surface area contributed by atoms with Crippen molar-refractivity contribution in [1.29, 1.82) is 0 Å². The molecule has 0 aliphatic heterocycles. The van der Waals surface area contributed by atoms with Gasteiger partial charge in [0.15, 0.2) is 0 Å². The second-order valence-electron chi connectivity index (χ2n) is 3.52. The van der Waals surface area contributed by atoms with Crippen molar-refractivity contribution in [1.82, 2.24) is 10.6 Å². The van der Waals surface area contributed by atoms with Crippen LogP contribution in [0.4, 0.5) is 0 Å². The van der Waals surface area contributed by atoms with E-state index in [4.69, 9.17) is 5.73 Å². The van der Waals surface area contributed by atoms with Crippen LogP contribution in [0.15, 0.2) is 0 Å². The highest BCUT2D eigenvalue weighted by Gasteiger charge is 2.10. The zero-order chi connectivity index (χ0) is 11.7. The van der Waals surface area contributed by atoms with E-state index in [9.17, 15) is 9.59 Å². The van der Waals surface area contributed by atoms with Gasteiger partial charge in [0.2, 0.25) is 11.8 Å². The maximum atomic E-state index is 11.3. The average molecular weight is 252 g/mol. The fraction of sp³-hybridized carbons (Fsp3) is 0.800. The summed E-state index contributed by atoms with van der Waals surface area (Å²) in [4.78, 5) is 21.8. The monoisotopic (exact) mass is 251 g/mol. The van der Waals surface area contributed by atoms with Gasteiger partial charge in [-0.1, -0.05) is 13.3 Å². The number of rotatable bonds is 7. The minimum absolute atomic E-state index is 0. The molecule has 2 amide bonds. The molecule has 0 saturated carbocycles. The van der Waals surface area contributed by atoms with E-state index in [2.05, 4.69) is 10.6 Å². The molecule has 0 aliphatic rings. The molecule has 1 atom stereocenters. The maximum absolute atomic E-state index is 11.3. The lowest BCUT2D eigenvalue weighted by Gasteiger charge is -2.10. The van der Waals surface area contributed by atoms with Crippen LogP contribution in [0.1, 0.15) is 33.1 Å². The van der Waals surface area contributed by atoms with Gasteiger partial charge in [-0.3, -0.25) is 9.59 Å². The first-order chi connectivity index (χ1) is 7.07. The van der Waals surface area contributed by atoms with Crippen molar-refractivity contribution in [3.05, 3.63) is 0 Å². The minimum atomic E-state index is -0.407. The SMILES string of the molecule is CCCC(N)C(=O)NCCCNC(C)=O.Cl. The first-order valence-electron chi connectivity index (χ1n) is 5.35. The molecule has 0 saturated heterocycles. The minimum Gasteiger partial charge on any atom is -0.356 e. The number of carbonyl (C=O) groups is 2. The lowest BCUT2D eigenvalue weighted by molar-refractivity contribution is -0.122. The largest absolute Gasteiger partial charge is 0.356 e. The normalized spacial score (nSPS) is 11.2. The molecule has 0 spiro atoms. The summed E-state index contributed by atoms with van der Waals surface area (Å²) < 4.78 is 0. The third-order valence-electron chi connectivity index (χ3n) is 1.96. The van der Waals surface area contributed by atoms with Crippen LogP contribution >= 0.6 is 12.4 Å². The quantitative estimate of drug-likeness (QED) is 0.565. The van der Waals surface area contributed by atoms with E-state index in [1.54, 1.807) is 0 Å². The molecule has 5 nitrogen and oxygen atoms in total. The predicted octanol–water partition coefficient (Wildman–Crippen LogP) is 0.178. The Bertz CT molecular complexity index is 212. The van der Waals surface area contributed by atoms with Crippen LogP contribution < -0.4 is 16.4 Å². The number of amides is 2. The van der Waals surface area contributed by atoms with Crippen molar-refractivity contribution >= 4 is 24.2 Å². The molecule has 0 radical (unpaired) electrons. The summed E-state index contributed by atoms with van der Waals surface area (Å²) in [7, 11) is 0. The molecule has 4 N–H and O–H groups in total. The summed E-state index contributed by atoms with van der Waals surface area (Å²) in [5, 5.41) is 5.38. The molecule has 0 fully saturated rings. The lowest BCUT2D eigenvalue weighted by Crippen LogP contribution is -2.41. The number of nitrogens with two attached hydrogens (primary N) is 1. The third-order valence-corrected chi connectivity index (χ3v) is 1.96. The van der Waals surface area contributed by atoms with E-state index < -0.39 is 6.04 Å². The Morgan fingerprint density at radius 2 is 1.81 bits per heavy atom. The first kappa shape index (κ1) is 17.6. The topological polar surface area (TPSA) is 84.2 Å². The fourth-order valence-electron chi connectivity index (χ4n) is 1.14. The lowest BCUT2D eigenvalue weighted by atomic mass is 10.2. The van der Waals surface area contributed by atoms with Gasteiger partial charge in [-0.05, 0) is 12.8 Å².